The van der Waals surface area contributed by atoms with E-state index in [0.717, 1.165) is 31.5 Å². The van der Waals surface area contributed by atoms with Crippen LogP contribution in [0.3, 0.4) is 0 Å². The lowest BCUT2D eigenvalue weighted by Gasteiger charge is -2.47. The van der Waals surface area contributed by atoms with Gasteiger partial charge >= 0.3 is 0 Å². The molecule has 2 atom stereocenters. The molecule has 2 N–H and O–H groups in total. The monoisotopic (exact) mass is 292 g/mol. The molecular weight excluding hydrogens is 263 g/mol. The summed E-state index contributed by atoms with van der Waals surface area (Å²) in [5.74, 6) is -0.167. The van der Waals surface area contributed by atoms with Gasteiger partial charge < -0.3 is 5.73 Å². The first kappa shape index (κ1) is 16.4. The lowest BCUT2D eigenvalue weighted by molar-refractivity contribution is 0.0546. The van der Waals surface area contributed by atoms with E-state index in [0.29, 0.717) is 0 Å². The van der Waals surface area contributed by atoms with Crippen LogP contribution >= 0.6 is 0 Å². The van der Waals surface area contributed by atoms with Crippen molar-refractivity contribution >= 4 is 0 Å². The Labute approximate surface area is 128 Å². The van der Waals surface area contributed by atoms with Crippen LogP contribution in [-0.2, 0) is 6.42 Å². The molecule has 2 rings (SSSR count). The van der Waals surface area contributed by atoms with Crippen LogP contribution < -0.4 is 5.73 Å². The van der Waals surface area contributed by atoms with E-state index in [-0.39, 0.29) is 17.4 Å². The molecule has 1 saturated heterocycles. The first-order valence-electron chi connectivity index (χ1n) is 8.23. The van der Waals surface area contributed by atoms with E-state index in [4.69, 9.17) is 5.73 Å². The van der Waals surface area contributed by atoms with Crippen molar-refractivity contribution in [3.05, 3.63) is 35.1 Å². The first-order chi connectivity index (χ1) is 9.97. The van der Waals surface area contributed by atoms with Gasteiger partial charge in [0.25, 0.3) is 0 Å². The van der Waals surface area contributed by atoms with Gasteiger partial charge in [0, 0.05) is 11.6 Å². The first-order valence-corrected chi connectivity index (χ1v) is 8.23. The number of aryl methyl sites for hydroxylation is 1. The van der Waals surface area contributed by atoms with E-state index in [9.17, 15) is 4.39 Å². The zero-order valence-electron chi connectivity index (χ0n) is 13.7. The van der Waals surface area contributed by atoms with Crippen molar-refractivity contribution in [1.29, 1.82) is 0 Å². The zero-order valence-corrected chi connectivity index (χ0v) is 13.7. The second kappa shape index (κ2) is 6.89. The fourth-order valence-corrected chi connectivity index (χ4v) is 3.47. The van der Waals surface area contributed by atoms with Crippen LogP contribution in [0, 0.1) is 12.7 Å². The molecule has 0 radical (unpaired) electrons. The van der Waals surface area contributed by atoms with Gasteiger partial charge in [0.1, 0.15) is 5.82 Å². The molecule has 0 aromatic heterocycles. The highest BCUT2D eigenvalue weighted by Crippen LogP contribution is 2.28. The van der Waals surface area contributed by atoms with Crippen molar-refractivity contribution < 1.29 is 4.39 Å². The highest BCUT2D eigenvalue weighted by atomic mass is 19.1. The van der Waals surface area contributed by atoms with E-state index < -0.39 is 0 Å². The number of benzene rings is 1. The Morgan fingerprint density at radius 1 is 1.29 bits per heavy atom. The number of hydrogen-bond donors (Lipinski definition) is 1. The van der Waals surface area contributed by atoms with Crippen molar-refractivity contribution in [3.8, 4) is 0 Å². The molecule has 21 heavy (non-hydrogen) atoms. The Hall–Kier alpha value is -0.930. The Bertz CT molecular complexity index is 468. The van der Waals surface area contributed by atoms with Gasteiger partial charge in [-0.2, -0.15) is 0 Å². The minimum absolute atomic E-state index is 0.0290. The fraction of sp³-hybridized carbons (Fsp3) is 0.667. The predicted molar refractivity (Wildman–Crippen MR) is 86.9 cm³/mol. The molecule has 0 saturated carbocycles. The second-order valence-corrected chi connectivity index (χ2v) is 6.64. The van der Waals surface area contributed by atoms with Crippen molar-refractivity contribution in [2.24, 2.45) is 5.73 Å². The molecule has 1 aromatic carbocycles. The van der Waals surface area contributed by atoms with Crippen molar-refractivity contribution in [2.75, 3.05) is 13.1 Å². The summed E-state index contributed by atoms with van der Waals surface area (Å²) in [4.78, 5) is 2.57. The molecule has 1 aliphatic heterocycles. The zero-order chi connectivity index (χ0) is 15.5. The van der Waals surface area contributed by atoms with Crippen molar-refractivity contribution in [1.82, 2.24) is 4.90 Å². The third kappa shape index (κ3) is 3.64. The van der Waals surface area contributed by atoms with E-state index in [2.05, 4.69) is 18.7 Å². The Morgan fingerprint density at radius 3 is 2.52 bits per heavy atom. The van der Waals surface area contributed by atoms with Crippen LogP contribution in [0.5, 0.6) is 0 Å². The Morgan fingerprint density at radius 2 is 1.95 bits per heavy atom. The molecule has 0 bridgehead atoms. The molecule has 0 amide bonds. The minimum atomic E-state index is -0.167. The van der Waals surface area contributed by atoms with Crippen molar-refractivity contribution in [3.63, 3.8) is 0 Å². The van der Waals surface area contributed by atoms with E-state index >= 15 is 0 Å². The van der Waals surface area contributed by atoms with Gasteiger partial charge in [0.15, 0.2) is 0 Å². The van der Waals surface area contributed by atoms with Gasteiger partial charge in [-0.3, -0.25) is 4.90 Å². The largest absolute Gasteiger partial charge is 0.326 e. The standard InChI is InChI=1S/C18H29FN2/c1-4-18(3,21-10-6-5-7-11-21)17(20)13-15-8-9-16(19)12-14(15)2/h8-9,12,17H,4-7,10-11,13,20H2,1-3H3. The molecule has 2 unspecified atom stereocenters. The summed E-state index contributed by atoms with van der Waals surface area (Å²) < 4.78 is 13.2. The molecule has 1 heterocycles. The van der Waals surface area contributed by atoms with E-state index in [1.54, 1.807) is 12.1 Å². The van der Waals surface area contributed by atoms with Crippen LogP contribution in [0.2, 0.25) is 0 Å². The summed E-state index contributed by atoms with van der Waals surface area (Å²) in [6.07, 6.45) is 5.75. The van der Waals surface area contributed by atoms with Crippen LogP contribution in [0.15, 0.2) is 18.2 Å². The lowest BCUT2D eigenvalue weighted by Crippen LogP contribution is -2.59. The van der Waals surface area contributed by atoms with Gasteiger partial charge in [-0.1, -0.05) is 19.4 Å². The number of halogens is 1. The molecule has 1 aliphatic rings. The van der Waals surface area contributed by atoms with Crippen LogP contribution in [0.4, 0.5) is 4.39 Å². The number of nitrogens with zero attached hydrogens (tertiary/aromatic N) is 1. The number of rotatable bonds is 5. The van der Waals surface area contributed by atoms with Crippen LogP contribution in [-0.4, -0.2) is 29.6 Å². The van der Waals surface area contributed by atoms with Crippen LogP contribution in [0.25, 0.3) is 0 Å². The molecule has 1 aromatic rings. The van der Waals surface area contributed by atoms with Gasteiger partial charge in [0.2, 0.25) is 0 Å². The molecule has 3 heteroatoms. The number of hydrogen-bond acceptors (Lipinski definition) is 2. The predicted octanol–water partition coefficient (Wildman–Crippen LogP) is 3.66. The summed E-state index contributed by atoms with van der Waals surface area (Å²) in [6, 6.07) is 5.10. The van der Waals surface area contributed by atoms with Gasteiger partial charge in [-0.05, 0) is 75.9 Å². The Balaban J connectivity index is 2.13. The minimum Gasteiger partial charge on any atom is -0.326 e. The number of piperidine rings is 1. The molecule has 0 aliphatic carbocycles. The van der Waals surface area contributed by atoms with Gasteiger partial charge in [-0.25, -0.2) is 4.39 Å². The lowest BCUT2D eigenvalue weighted by atomic mass is 9.82. The fourth-order valence-electron chi connectivity index (χ4n) is 3.47. The maximum absolute atomic E-state index is 13.2. The summed E-state index contributed by atoms with van der Waals surface area (Å²) >= 11 is 0. The summed E-state index contributed by atoms with van der Waals surface area (Å²) in [5.41, 5.74) is 8.80. The Kier molecular flexibility index (Phi) is 5.39. The van der Waals surface area contributed by atoms with Gasteiger partial charge in [-0.15, -0.1) is 0 Å². The maximum atomic E-state index is 13.2. The molecule has 118 valence electrons. The topological polar surface area (TPSA) is 29.3 Å². The summed E-state index contributed by atoms with van der Waals surface area (Å²) in [7, 11) is 0. The molecule has 2 nitrogen and oxygen atoms in total. The third-order valence-corrected chi connectivity index (χ3v) is 5.34. The summed E-state index contributed by atoms with van der Waals surface area (Å²) in [6.45, 7) is 8.80. The second-order valence-electron chi connectivity index (χ2n) is 6.64. The average Bonchev–Trinajstić information content (AvgIpc) is 2.50. The molecular formula is C18H29FN2. The quantitative estimate of drug-likeness (QED) is 0.897. The molecule has 1 fully saturated rings. The highest BCUT2D eigenvalue weighted by Gasteiger charge is 2.36. The third-order valence-electron chi connectivity index (χ3n) is 5.34. The summed E-state index contributed by atoms with van der Waals surface area (Å²) in [5, 5.41) is 0. The number of nitrogens with two attached hydrogens (primary N) is 1. The van der Waals surface area contributed by atoms with Crippen LogP contribution in [0.1, 0.15) is 50.7 Å². The molecule has 0 spiro atoms. The highest BCUT2D eigenvalue weighted by molar-refractivity contribution is 5.28. The normalized spacial score (nSPS) is 21.0. The van der Waals surface area contributed by atoms with E-state index in [1.807, 2.05) is 13.0 Å². The van der Waals surface area contributed by atoms with E-state index in [1.165, 1.54) is 24.8 Å². The number of likely N-dealkylation sites (tertiary alicyclic amines) is 1. The smallest absolute Gasteiger partial charge is 0.123 e. The van der Waals surface area contributed by atoms with Gasteiger partial charge in [0.05, 0.1) is 0 Å². The SMILES string of the molecule is CCC(C)(C(N)Cc1ccc(F)cc1C)N1CCCCC1. The van der Waals surface area contributed by atoms with Crippen molar-refractivity contribution in [2.45, 2.75) is 64.5 Å². The maximum Gasteiger partial charge on any atom is 0.123 e. The average molecular weight is 292 g/mol.